The Bertz CT molecular complexity index is 5620. The molecule has 7 heterocycles. The van der Waals surface area contributed by atoms with Crippen molar-refractivity contribution >= 4 is 150 Å². The number of nitrogens with zero attached hydrogens (tertiary/aromatic N) is 13. The fourth-order valence-electron chi connectivity index (χ4n) is 11.7. The van der Waals surface area contributed by atoms with E-state index in [4.69, 9.17) is 83.1 Å². The van der Waals surface area contributed by atoms with Crippen LogP contribution >= 0.6 is 50.7 Å². The van der Waals surface area contributed by atoms with Gasteiger partial charge in [-0.25, -0.2) is 38.3 Å². The lowest BCUT2D eigenvalue weighted by atomic mass is 9.80. The first-order valence-electron chi connectivity index (χ1n) is 33.8. The van der Waals surface area contributed by atoms with Crippen LogP contribution in [-0.2, 0) is 25.7 Å². The number of sulfonamides is 1. The van der Waals surface area contributed by atoms with Gasteiger partial charge in [-0.2, -0.15) is 15.3 Å². The van der Waals surface area contributed by atoms with Gasteiger partial charge in [-0.15, -0.1) is 0 Å². The summed E-state index contributed by atoms with van der Waals surface area (Å²) < 4.78 is 75.3. The molecular weight excluding hydrogens is 1570 g/mol. The minimum absolute atomic E-state index is 0. The zero-order valence-corrected chi connectivity index (χ0v) is 67.7. The van der Waals surface area contributed by atoms with Crippen molar-refractivity contribution in [2.24, 2.45) is 0 Å². The molecule has 1 aliphatic rings. The number of halogens is 4. The van der Waals surface area contributed by atoms with E-state index in [1.165, 1.54) is 26.4 Å². The van der Waals surface area contributed by atoms with E-state index in [0.717, 1.165) is 125 Å². The lowest BCUT2D eigenvalue weighted by Crippen LogP contribution is -2.29. The molecule has 0 spiro atoms. The Balaban J connectivity index is 0.000000160. The molecule has 1 aliphatic heterocycles. The maximum Gasteiger partial charge on any atom is 0.488 e. The normalized spacial score (nSPS) is 13.2. The highest BCUT2D eigenvalue weighted by molar-refractivity contribution is 9.10. The van der Waals surface area contributed by atoms with Crippen LogP contribution < -0.4 is 33.9 Å². The Kier molecular flexibility index (Phi) is 28.7. The number of methoxy groups -OCH3 is 6. The monoisotopic (exact) mass is 1650 g/mol. The number of alkyl halides is 3. The summed E-state index contributed by atoms with van der Waals surface area (Å²) in [4.78, 5) is 32.2. The Morgan fingerprint density at radius 3 is 1.25 bits per heavy atom. The SMILES string of the molecule is C.COc1cc(OC)cc(-c2cc3cnc(C)nc3c3c2cnn3C(C)C)c1.COc1cc(OC)cc(-c2cc3cnc(S(C)=O)nc3c3c2cnn3C(C)C)c1.COc1cc(OC)cc(B(O)O)c1.Cc1ncc2cc(Br)c3cnn(C(C)C)c3c2n1.ClC(Cl)Cl.O=S(=O)(c1ccccc1)N1O[C@@H]1c1ccccc1. The third kappa shape index (κ3) is 19.5. The number of aryl methyl sites for hydroxylation is 2. The first-order chi connectivity index (χ1) is 52.1. The number of hydrogen-bond donors (Lipinski definition) is 2. The van der Waals surface area contributed by atoms with E-state index >= 15 is 0 Å². The molecule has 0 saturated carbocycles. The Morgan fingerprint density at radius 2 is 0.864 bits per heavy atom. The summed E-state index contributed by atoms with van der Waals surface area (Å²) in [6.45, 7) is 16.4. The molecule has 576 valence electrons. The van der Waals surface area contributed by atoms with Crippen molar-refractivity contribution in [3.8, 4) is 56.8 Å². The molecule has 6 aromatic heterocycles. The van der Waals surface area contributed by atoms with Gasteiger partial charge in [0.15, 0.2) is 10.5 Å². The summed E-state index contributed by atoms with van der Waals surface area (Å²) in [5.41, 5.74) is 10.8. The molecule has 14 aromatic rings. The largest absolute Gasteiger partial charge is 0.497 e. The Morgan fingerprint density at radius 1 is 0.509 bits per heavy atom. The number of hydrogen-bond acceptors (Lipinski definition) is 21. The lowest BCUT2D eigenvalue weighted by Gasteiger charge is -2.13. The fraction of sp³-hybridized carbons (Fsp3) is 0.269. The molecular formula is C78H84BBrCl3N13O12S2. The second-order valence-electron chi connectivity index (χ2n) is 25.2. The molecule has 0 radical (unpaired) electrons. The smallest absolute Gasteiger partial charge is 0.488 e. The summed E-state index contributed by atoms with van der Waals surface area (Å²) in [5, 5.41) is 37.8. The van der Waals surface area contributed by atoms with E-state index in [2.05, 4.69) is 104 Å². The Hall–Kier alpha value is -9.66. The van der Waals surface area contributed by atoms with Crippen LogP contribution in [0.3, 0.4) is 0 Å². The number of rotatable bonds is 16. The number of fused-ring (bicyclic) bond motifs is 9. The van der Waals surface area contributed by atoms with Crippen LogP contribution in [0.5, 0.6) is 34.5 Å². The Labute approximate surface area is 664 Å². The van der Waals surface area contributed by atoms with E-state index in [1.54, 1.807) is 77.3 Å². The zero-order valence-electron chi connectivity index (χ0n) is 62.2. The summed E-state index contributed by atoms with van der Waals surface area (Å²) in [7, 11) is 3.24. The van der Waals surface area contributed by atoms with Crippen LogP contribution in [-0.4, -0.2) is 147 Å². The van der Waals surface area contributed by atoms with Crippen LogP contribution in [0.2, 0.25) is 0 Å². The highest BCUT2D eigenvalue weighted by Gasteiger charge is 2.48. The van der Waals surface area contributed by atoms with E-state index < -0.39 is 38.5 Å². The van der Waals surface area contributed by atoms with E-state index in [1.807, 2.05) is 138 Å². The van der Waals surface area contributed by atoms with Gasteiger partial charge in [-0.1, -0.05) is 107 Å². The summed E-state index contributed by atoms with van der Waals surface area (Å²) in [6, 6.07) is 40.7. The van der Waals surface area contributed by atoms with Gasteiger partial charge in [0, 0.05) is 104 Å². The predicted molar refractivity (Wildman–Crippen MR) is 439 cm³/mol. The summed E-state index contributed by atoms with van der Waals surface area (Å²) in [6.07, 6.45) is 12.2. The van der Waals surface area contributed by atoms with Gasteiger partial charge in [0.05, 0.1) is 105 Å². The van der Waals surface area contributed by atoms with Gasteiger partial charge >= 0.3 is 7.12 Å². The number of ether oxygens (including phenoxy) is 6. The maximum atomic E-state index is 12.2. The first-order valence-corrected chi connectivity index (χ1v) is 38.9. The van der Waals surface area contributed by atoms with E-state index in [-0.39, 0.29) is 24.4 Å². The van der Waals surface area contributed by atoms with Gasteiger partial charge < -0.3 is 38.5 Å². The molecule has 1 saturated heterocycles. The van der Waals surface area contributed by atoms with Crippen LogP contribution in [0.4, 0.5) is 0 Å². The minimum atomic E-state index is -3.55. The van der Waals surface area contributed by atoms with Crippen molar-refractivity contribution in [3.05, 3.63) is 192 Å². The molecule has 2 N–H and O–H groups in total. The van der Waals surface area contributed by atoms with E-state index in [9.17, 15) is 12.6 Å². The second kappa shape index (κ2) is 37.4. The van der Waals surface area contributed by atoms with Crippen molar-refractivity contribution in [3.63, 3.8) is 0 Å². The van der Waals surface area contributed by atoms with Crippen LogP contribution in [0.1, 0.15) is 90.5 Å². The molecule has 32 heteroatoms. The average molecular weight is 1660 g/mol. The maximum absolute atomic E-state index is 12.2. The molecule has 2 unspecified atom stereocenters. The zero-order chi connectivity index (χ0) is 78.7. The fourth-order valence-corrected chi connectivity index (χ4v) is 13.9. The molecule has 25 nitrogen and oxygen atoms in total. The molecule has 0 amide bonds. The quantitative estimate of drug-likeness (QED) is 0.0393. The van der Waals surface area contributed by atoms with Crippen LogP contribution in [0, 0.1) is 13.8 Å². The molecule has 8 aromatic carbocycles. The lowest BCUT2D eigenvalue weighted by molar-refractivity contribution is 0.283. The summed E-state index contributed by atoms with van der Waals surface area (Å²) in [5.74, 6) is 5.49. The highest BCUT2D eigenvalue weighted by Crippen LogP contribution is 2.44. The van der Waals surface area contributed by atoms with Crippen molar-refractivity contribution in [1.29, 1.82) is 0 Å². The van der Waals surface area contributed by atoms with Gasteiger partial charge in [-0.3, -0.25) is 23.1 Å². The minimum Gasteiger partial charge on any atom is -0.497 e. The second-order valence-corrected chi connectivity index (χ2v) is 31.1. The predicted octanol–water partition coefficient (Wildman–Crippen LogP) is 16.5. The number of benzene rings is 8. The standard InChI is InChI=1S/C21H22N4O3S.C21H22N4O2.C13H13BrN4.C13H11NO3S.C8H11BO4.CHCl3.CH4/c1-12(2)25-20-18(11-23-25)17(13-6-15(27-3)9-16(7-13)28-4)8-14-10-22-21(29(5)26)24-19(14)20;1-12(2)25-21-19(11-23-25)18(8-15-10-22-13(3)24-20(15)21)14-6-16(26-4)9-17(7-14)27-5;1-7(2)18-13-10(6-16-18)11(14)4-9-5-15-8(3)17-12(9)13;15-18(16,12-9-5-2-6-10-12)14-13(17-14)11-7-3-1-4-8-11;1-12-7-3-6(9(10)11)4-8(5-7)13-2;2-1(3)4;/h6-12H,1-5H3;6-12H,1-5H3;4-7H,1-3H3;1-10,13H;3-5,10-11H,1-2H3;1H;1H4/t;;;13-,14?;;;/m...1.../s1. The molecule has 1 fully saturated rings. The average Bonchev–Trinajstić information content (AvgIpc) is 1.52. The third-order valence-corrected chi connectivity index (χ3v) is 19.9. The van der Waals surface area contributed by atoms with Crippen LogP contribution in [0.15, 0.2) is 185 Å². The summed E-state index contributed by atoms with van der Waals surface area (Å²) >= 11 is 18.0. The first kappa shape index (κ1) is 84.4. The molecule has 110 heavy (non-hydrogen) atoms. The molecule has 0 aliphatic carbocycles. The topological polar surface area (TPSA) is 293 Å². The van der Waals surface area contributed by atoms with Gasteiger partial charge in [0.25, 0.3) is 10.0 Å². The molecule has 15 rings (SSSR count). The van der Waals surface area contributed by atoms with Crippen molar-refractivity contribution < 1.29 is 55.9 Å². The van der Waals surface area contributed by atoms with Gasteiger partial charge in [0.1, 0.15) is 51.7 Å². The van der Waals surface area contributed by atoms with Crippen LogP contribution in [0.25, 0.3) is 87.7 Å². The van der Waals surface area contributed by atoms with E-state index in [0.29, 0.717) is 39.7 Å². The van der Waals surface area contributed by atoms with Gasteiger partial charge in [0.2, 0.25) is 5.16 Å². The third-order valence-electron chi connectivity index (χ3n) is 16.9. The van der Waals surface area contributed by atoms with Crippen molar-refractivity contribution in [2.75, 3.05) is 48.9 Å². The van der Waals surface area contributed by atoms with Gasteiger partial charge in [-0.05, 0) is 154 Å². The van der Waals surface area contributed by atoms with Crippen molar-refractivity contribution in [1.82, 2.24) is 63.7 Å². The van der Waals surface area contributed by atoms with Crippen molar-refractivity contribution in [2.45, 2.75) is 102 Å². The number of aromatic nitrogens is 12. The highest BCUT2D eigenvalue weighted by atomic mass is 79.9. The number of hydroxylamine groups is 1. The molecule has 3 atom stereocenters. The molecule has 0 bridgehead atoms.